The van der Waals surface area contributed by atoms with Crippen molar-refractivity contribution in [1.29, 1.82) is 0 Å². The third kappa shape index (κ3) is 3.27. The summed E-state index contributed by atoms with van der Waals surface area (Å²) in [7, 11) is 0. The quantitative estimate of drug-likeness (QED) is 0.408. The average molecular weight is 441 g/mol. The molecule has 3 N–H and O–H groups in total. The number of hydrazone groups is 1. The first-order chi connectivity index (χ1) is 14.6. The summed E-state index contributed by atoms with van der Waals surface area (Å²) >= 11 is 12.1. The molecule has 0 unspecified atom stereocenters. The van der Waals surface area contributed by atoms with Crippen molar-refractivity contribution < 1.29 is 9.42 Å². The molecule has 3 heterocycles. The van der Waals surface area contributed by atoms with Crippen LogP contribution in [0.2, 0.25) is 10.0 Å². The molecule has 1 amide bonds. The van der Waals surface area contributed by atoms with Gasteiger partial charge >= 0.3 is 0 Å². The summed E-state index contributed by atoms with van der Waals surface area (Å²) in [5, 5.41) is 18.2. The minimum Gasteiger partial charge on any atom is -0.337 e. The van der Waals surface area contributed by atoms with Gasteiger partial charge in [0.15, 0.2) is 17.3 Å². The zero-order valence-corrected chi connectivity index (χ0v) is 16.4. The van der Waals surface area contributed by atoms with E-state index < -0.39 is 0 Å². The van der Waals surface area contributed by atoms with Gasteiger partial charge in [0.1, 0.15) is 0 Å². The molecule has 0 aliphatic carbocycles. The highest BCUT2D eigenvalue weighted by Gasteiger charge is 2.26. The molecule has 5 rings (SSSR count). The molecule has 10 nitrogen and oxygen atoms in total. The second kappa shape index (κ2) is 7.25. The van der Waals surface area contributed by atoms with Crippen molar-refractivity contribution in [2.45, 2.75) is 0 Å². The van der Waals surface area contributed by atoms with Crippen LogP contribution in [0.5, 0.6) is 0 Å². The number of amides is 1. The van der Waals surface area contributed by atoms with Crippen LogP contribution in [-0.4, -0.2) is 31.9 Å². The minimum absolute atomic E-state index is 0.175. The standard InChI is InChI=1S/C18H10Cl2N8O2/c19-10-6-5-8(7-11(10)20)21-14-15(24-17-16(23-14)27-30-28-17)26-25-13-9-3-1-2-4-12(9)22-18(13)29/h1-7H,(H,21,23,27)(H,22,25,29)(H,24,26,28). The zero-order valence-electron chi connectivity index (χ0n) is 14.8. The van der Waals surface area contributed by atoms with E-state index in [0.29, 0.717) is 27.0 Å². The number of nitrogens with one attached hydrogen (secondary N) is 3. The predicted octanol–water partition coefficient (Wildman–Crippen LogP) is 3.83. The molecule has 2 aromatic heterocycles. The van der Waals surface area contributed by atoms with E-state index >= 15 is 0 Å². The molecule has 2 aromatic carbocycles. The fraction of sp³-hybridized carbons (Fsp3) is 0. The maximum Gasteiger partial charge on any atom is 0.276 e. The number of para-hydroxylation sites is 1. The second-order valence-corrected chi connectivity index (χ2v) is 6.97. The lowest BCUT2D eigenvalue weighted by molar-refractivity contribution is -0.110. The Morgan fingerprint density at radius 3 is 2.53 bits per heavy atom. The lowest BCUT2D eigenvalue weighted by Crippen LogP contribution is -2.16. The van der Waals surface area contributed by atoms with Crippen LogP contribution in [0.15, 0.2) is 52.2 Å². The van der Waals surface area contributed by atoms with Crippen LogP contribution in [0.25, 0.3) is 11.3 Å². The van der Waals surface area contributed by atoms with Crippen LogP contribution in [0.1, 0.15) is 5.56 Å². The molecule has 0 saturated heterocycles. The number of hydrogen-bond donors (Lipinski definition) is 3. The van der Waals surface area contributed by atoms with Crippen LogP contribution in [-0.2, 0) is 4.79 Å². The number of fused-ring (bicyclic) bond motifs is 2. The molecule has 1 aliphatic heterocycles. The number of carbonyl (C=O) groups is 1. The maximum absolute atomic E-state index is 12.3. The van der Waals surface area contributed by atoms with E-state index in [4.69, 9.17) is 23.2 Å². The number of anilines is 4. The molecule has 0 spiro atoms. The summed E-state index contributed by atoms with van der Waals surface area (Å²) in [5.74, 6) is 0.140. The molecule has 30 heavy (non-hydrogen) atoms. The summed E-state index contributed by atoms with van der Waals surface area (Å²) in [5.41, 5.74) is 5.32. The van der Waals surface area contributed by atoms with Crippen LogP contribution in [0.4, 0.5) is 23.0 Å². The van der Waals surface area contributed by atoms with E-state index in [0.717, 1.165) is 0 Å². The normalized spacial score (nSPS) is 14.1. The highest BCUT2D eigenvalue weighted by molar-refractivity contribution is 6.53. The fourth-order valence-corrected chi connectivity index (χ4v) is 3.13. The summed E-state index contributed by atoms with van der Waals surface area (Å²) in [6.45, 7) is 0. The number of nitrogens with zero attached hydrogens (tertiary/aromatic N) is 5. The number of carbonyl (C=O) groups excluding carboxylic acids is 1. The molecule has 0 bridgehead atoms. The Morgan fingerprint density at radius 1 is 0.967 bits per heavy atom. The first kappa shape index (κ1) is 18.3. The number of hydrogen-bond acceptors (Lipinski definition) is 9. The summed E-state index contributed by atoms with van der Waals surface area (Å²) in [4.78, 5) is 20.9. The summed E-state index contributed by atoms with van der Waals surface area (Å²) < 4.78 is 4.68. The maximum atomic E-state index is 12.3. The van der Waals surface area contributed by atoms with Gasteiger partial charge in [-0.2, -0.15) is 10.1 Å². The highest BCUT2D eigenvalue weighted by atomic mass is 35.5. The molecular weight excluding hydrogens is 431 g/mol. The molecule has 0 radical (unpaired) electrons. The van der Waals surface area contributed by atoms with Gasteiger partial charge < -0.3 is 10.6 Å². The van der Waals surface area contributed by atoms with Gasteiger partial charge in [0.05, 0.1) is 15.7 Å². The third-order valence-electron chi connectivity index (χ3n) is 4.22. The van der Waals surface area contributed by atoms with Gasteiger partial charge in [-0.3, -0.25) is 10.2 Å². The molecular formula is C18H10Cl2N8O2. The minimum atomic E-state index is -0.333. The number of halogens is 2. The Kier molecular flexibility index (Phi) is 4.42. The van der Waals surface area contributed by atoms with Gasteiger partial charge in [-0.1, -0.05) is 41.4 Å². The Bertz CT molecular complexity index is 1340. The van der Waals surface area contributed by atoms with Gasteiger partial charge in [0.2, 0.25) is 11.3 Å². The lowest BCUT2D eigenvalue weighted by atomic mass is 10.1. The van der Waals surface area contributed by atoms with Gasteiger partial charge in [-0.25, -0.2) is 9.61 Å². The van der Waals surface area contributed by atoms with Crippen molar-refractivity contribution >= 4 is 69.1 Å². The molecule has 12 heteroatoms. The van der Waals surface area contributed by atoms with Crippen LogP contribution < -0.4 is 16.1 Å². The van der Waals surface area contributed by atoms with Crippen molar-refractivity contribution in [3.05, 3.63) is 58.1 Å². The van der Waals surface area contributed by atoms with Crippen LogP contribution in [0.3, 0.4) is 0 Å². The van der Waals surface area contributed by atoms with Gasteiger partial charge in [-0.05, 0) is 34.6 Å². The molecule has 0 fully saturated rings. The van der Waals surface area contributed by atoms with Crippen molar-refractivity contribution in [2.24, 2.45) is 5.10 Å². The predicted molar refractivity (Wildman–Crippen MR) is 112 cm³/mol. The smallest absolute Gasteiger partial charge is 0.276 e. The van der Waals surface area contributed by atoms with E-state index in [2.05, 4.69) is 46.1 Å². The first-order valence-electron chi connectivity index (χ1n) is 8.55. The molecule has 1 aliphatic rings. The molecule has 4 aromatic rings. The number of benzene rings is 2. The van der Waals surface area contributed by atoms with Gasteiger partial charge in [0, 0.05) is 11.3 Å². The van der Waals surface area contributed by atoms with Crippen molar-refractivity contribution in [2.75, 3.05) is 16.1 Å². The van der Waals surface area contributed by atoms with E-state index in [-0.39, 0.29) is 34.5 Å². The van der Waals surface area contributed by atoms with Crippen molar-refractivity contribution in [3.63, 3.8) is 0 Å². The Morgan fingerprint density at radius 2 is 1.73 bits per heavy atom. The van der Waals surface area contributed by atoms with E-state index in [9.17, 15) is 4.79 Å². The number of rotatable bonds is 4. The SMILES string of the molecule is O=C1Nc2ccccc2/C1=N/Nc1nc2nonc2nc1Nc1ccc(Cl)c(Cl)c1. The highest BCUT2D eigenvalue weighted by Crippen LogP contribution is 2.29. The second-order valence-electron chi connectivity index (χ2n) is 6.16. The van der Waals surface area contributed by atoms with E-state index in [1.54, 1.807) is 30.3 Å². The van der Waals surface area contributed by atoms with Crippen LogP contribution in [0, 0.1) is 0 Å². The number of aromatic nitrogens is 4. The third-order valence-corrected chi connectivity index (χ3v) is 4.95. The average Bonchev–Trinajstić information content (AvgIpc) is 3.32. The zero-order chi connectivity index (χ0) is 20.7. The van der Waals surface area contributed by atoms with Crippen LogP contribution >= 0.6 is 23.2 Å². The first-order valence-corrected chi connectivity index (χ1v) is 9.31. The fourth-order valence-electron chi connectivity index (χ4n) is 2.84. The molecule has 148 valence electrons. The Labute approximate surface area is 178 Å². The van der Waals surface area contributed by atoms with E-state index in [1.165, 1.54) is 0 Å². The molecule has 0 atom stereocenters. The topological polar surface area (TPSA) is 130 Å². The van der Waals surface area contributed by atoms with Crippen molar-refractivity contribution in [3.8, 4) is 0 Å². The van der Waals surface area contributed by atoms with E-state index in [1.807, 2.05) is 12.1 Å². The lowest BCUT2D eigenvalue weighted by Gasteiger charge is -2.10. The summed E-state index contributed by atoms with van der Waals surface area (Å²) in [6.07, 6.45) is 0. The molecule has 0 saturated carbocycles. The van der Waals surface area contributed by atoms with Gasteiger partial charge in [-0.15, -0.1) is 0 Å². The largest absolute Gasteiger partial charge is 0.337 e. The summed E-state index contributed by atoms with van der Waals surface area (Å²) in [6, 6.07) is 12.2. The Hall–Kier alpha value is -3.76. The Balaban J connectivity index is 1.52. The van der Waals surface area contributed by atoms with Gasteiger partial charge in [0.25, 0.3) is 5.91 Å². The van der Waals surface area contributed by atoms with Crippen molar-refractivity contribution in [1.82, 2.24) is 20.3 Å². The monoisotopic (exact) mass is 440 g/mol.